The second-order valence-corrected chi connectivity index (χ2v) is 5.35. The van der Waals surface area contributed by atoms with Crippen LogP contribution >= 0.6 is 11.6 Å². The molecule has 0 saturated carbocycles. The van der Waals surface area contributed by atoms with Crippen LogP contribution in [0.2, 0.25) is 5.02 Å². The van der Waals surface area contributed by atoms with Crippen molar-refractivity contribution in [2.75, 3.05) is 6.54 Å². The number of aromatic nitrogens is 2. The maximum absolute atomic E-state index is 11.1. The van der Waals surface area contributed by atoms with E-state index < -0.39 is 6.09 Å². The molecule has 1 aliphatic rings. The number of halogens is 1. The Bertz CT molecular complexity index is 681. The minimum absolute atomic E-state index is 0.373. The number of benzene rings is 1. The van der Waals surface area contributed by atoms with Crippen molar-refractivity contribution in [3.05, 3.63) is 40.0 Å². The Morgan fingerprint density at radius 3 is 3.00 bits per heavy atom. The topological polar surface area (TPSA) is 69.2 Å². The number of hydrogen-bond acceptors (Lipinski definition) is 2. The Labute approximate surface area is 121 Å². The molecule has 1 aliphatic heterocycles. The van der Waals surface area contributed by atoms with Gasteiger partial charge in [0.05, 0.1) is 12.2 Å². The van der Waals surface area contributed by atoms with Gasteiger partial charge in [-0.05, 0) is 24.6 Å². The van der Waals surface area contributed by atoms with E-state index in [9.17, 15) is 4.79 Å². The third kappa shape index (κ3) is 2.14. The largest absolute Gasteiger partial charge is 0.465 e. The first kappa shape index (κ1) is 13.0. The molecule has 20 heavy (non-hydrogen) atoms. The average Bonchev–Trinajstić information content (AvgIpc) is 2.84. The van der Waals surface area contributed by atoms with Crippen LogP contribution in [0.4, 0.5) is 4.79 Å². The Morgan fingerprint density at radius 2 is 2.30 bits per heavy atom. The van der Waals surface area contributed by atoms with Crippen molar-refractivity contribution in [3.63, 3.8) is 0 Å². The van der Waals surface area contributed by atoms with E-state index in [2.05, 4.69) is 10.2 Å². The number of aromatic amines is 1. The molecule has 1 amide bonds. The van der Waals surface area contributed by atoms with Crippen molar-refractivity contribution in [1.82, 2.24) is 15.1 Å². The zero-order valence-electron chi connectivity index (χ0n) is 11.0. The lowest BCUT2D eigenvalue weighted by Crippen LogP contribution is -2.34. The predicted molar refractivity (Wildman–Crippen MR) is 75.9 cm³/mol. The fourth-order valence-electron chi connectivity index (χ4n) is 2.49. The predicted octanol–water partition coefficient (Wildman–Crippen LogP) is 3.07. The summed E-state index contributed by atoms with van der Waals surface area (Å²) in [4.78, 5) is 12.5. The van der Waals surface area contributed by atoms with Crippen molar-refractivity contribution in [1.29, 1.82) is 0 Å². The second kappa shape index (κ2) is 4.83. The molecule has 3 rings (SSSR count). The molecule has 0 fully saturated rings. The fourth-order valence-corrected chi connectivity index (χ4v) is 2.61. The molecular formula is C14H14ClN3O2. The second-order valence-electron chi connectivity index (χ2n) is 4.95. The van der Waals surface area contributed by atoms with E-state index in [0.717, 1.165) is 28.1 Å². The lowest BCUT2D eigenvalue weighted by atomic mass is 10.0. The van der Waals surface area contributed by atoms with E-state index in [1.165, 1.54) is 4.90 Å². The summed E-state index contributed by atoms with van der Waals surface area (Å²) in [6.45, 7) is 2.82. The van der Waals surface area contributed by atoms with Crippen molar-refractivity contribution in [3.8, 4) is 11.3 Å². The number of amides is 1. The Balaban J connectivity index is 2.02. The monoisotopic (exact) mass is 291 g/mol. The number of hydrogen-bond donors (Lipinski definition) is 2. The highest BCUT2D eigenvalue weighted by Crippen LogP contribution is 2.30. The van der Waals surface area contributed by atoms with Gasteiger partial charge in [-0.25, -0.2) is 4.79 Å². The van der Waals surface area contributed by atoms with Crippen molar-refractivity contribution in [2.45, 2.75) is 19.9 Å². The van der Waals surface area contributed by atoms with Gasteiger partial charge in [-0.1, -0.05) is 17.7 Å². The van der Waals surface area contributed by atoms with Crippen molar-refractivity contribution < 1.29 is 9.90 Å². The molecule has 5 nitrogen and oxygen atoms in total. The molecule has 0 aliphatic carbocycles. The highest BCUT2D eigenvalue weighted by atomic mass is 35.5. The van der Waals surface area contributed by atoms with E-state index in [1.807, 2.05) is 25.1 Å². The number of rotatable bonds is 1. The molecule has 2 N–H and O–H groups in total. The first-order valence-electron chi connectivity index (χ1n) is 6.37. The number of fused-ring (bicyclic) bond motifs is 1. The number of nitrogens with one attached hydrogen (secondary N) is 1. The van der Waals surface area contributed by atoms with E-state index in [0.29, 0.717) is 24.5 Å². The third-order valence-electron chi connectivity index (χ3n) is 3.64. The molecule has 0 saturated heterocycles. The molecule has 1 aromatic carbocycles. The lowest BCUT2D eigenvalue weighted by Gasteiger charge is -2.24. The number of nitrogens with zero attached hydrogens (tertiary/aromatic N) is 2. The van der Waals surface area contributed by atoms with E-state index in [4.69, 9.17) is 16.7 Å². The molecule has 0 atom stereocenters. The van der Waals surface area contributed by atoms with Crippen molar-refractivity contribution >= 4 is 17.7 Å². The highest BCUT2D eigenvalue weighted by molar-refractivity contribution is 6.31. The van der Waals surface area contributed by atoms with Crippen LogP contribution in [0.5, 0.6) is 0 Å². The van der Waals surface area contributed by atoms with Gasteiger partial charge in [-0.2, -0.15) is 5.10 Å². The first-order valence-corrected chi connectivity index (χ1v) is 6.74. The summed E-state index contributed by atoms with van der Waals surface area (Å²) < 4.78 is 0. The molecule has 104 valence electrons. The highest BCUT2D eigenvalue weighted by Gasteiger charge is 2.25. The normalized spacial score (nSPS) is 14.2. The maximum atomic E-state index is 11.1. The summed E-state index contributed by atoms with van der Waals surface area (Å²) in [6, 6.07) is 5.72. The van der Waals surface area contributed by atoms with Crippen LogP contribution in [0.15, 0.2) is 18.2 Å². The van der Waals surface area contributed by atoms with Crippen LogP contribution in [0.25, 0.3) is 11.3 Å². The first-order chi connectivity index (χ1) is 9.56. The van der Waals surface area contributed by atoms with E-state index in [1.54, 1.807) is 0 Å². The summed E-state index contributed by atoms with van der Waals surface area (Å²) >= 11 is 6.04. The van der Waals surface area contributed by atoms with E-state index in [-0.39, 0.29) is 0 Å². The summed E-state index contributed by atoms with van der Waals surface area (Å²) in [6.07, 6.45) is -0.226. The summed E-state index contributed by atoms with van der Waals surface area (Å²) in [5, 5.41) is 17.2. The van der Waals surface area contributed by atoms with Crippen LogP contribution in [0, 0.1) is 6.92 Å². The Hall–Kier alpha value is -2.01. The molecular weight excluding hydrogens is 278 g/mol. The SMILES string of the molecule is Cc1cc(-c2n[nH]c3c2CN(C(=O)O)CC3)ccc1Cl. The molecule has 2 heterocycles. The van der Waals surface area contributed by atoms with Gasteiger partial charge in [0, 0.05) is 34.8 Å². The van der Waals surface area contributed by atoms with Gasteiger partial charge in [-0.3, -0.25) is 5.10 Å². The molecule has 0 spiro atoms. The molecule has 2 aromatic rings. The molecule has 1 aromatic heterocycles. The van der Waals surface area contributed by atoms with Gasteiger partial charge in [0.15, 0.2) is 0 Å². The van der Waals surface area contributed by atoms with Crippen molar-refractivity contribution in [2.24, 2.45) is 0 Å². The van der Waals surface area contributed by atoms with Gasteiger partial charge in [0.1, 0.15) is 0 Å². The number of H-pyrrole nitrogens is 1. The Morgan fingerprint density at radius 1 is 1.50 bits per heavy atom. The van der Waals surface area contributed by atoms with Gasteiger partial charge in [0.25, 0.3) is 0 Å². The number of carbonyl (C=O) groups is 1. The zero-order chi connectivity index (χ0) is 14.3. The summed E-state index contributed by atoms with van der Waals surface area (Å²) in [5.74, 6) is 0. The minimum atomic E-state index is -0.893. The number of aryl methyl sites for hydroxylation is 1. The van der Waals surface area contributed by atoms with Crippen LogP contribution in [0.1, 0.15) is 16.8 Å². The van der Waals surface area contributed by atoms with Crippen LogP contribution in [0.3, 0.4) is 0 Å². The van der Waals surface area contributed by atoms with Crippen LogP contribution < -0.4 is 0 Å². The molecule has 0 unspecified atom stereocenters. The quantitative estimate of drug-likeness (QED) is 0.848. The smallest absolute Gasteiger partial charge is 0.407 e. The zero-order valence-corrected chi connectivity index (χ0v) is 11.7. The molecule has 0 bridgehead atoms. The molecule has 0 radical (unpaired) electrons. The minimum Gasteiger partial charge on any atom is -0.465 e. The average molecular weight is 292 g/mol. The van der Waals surface area contributed by atoms with E-state index >= 15 is 0 Å². The lowest BCUT2D eigenvalue weighted by molar-refractivity contribution is 0.140. The Kier molecular flexibility index (Phi) is 3.14. The molecule has 6 heteroatoms. The van der Waals surface area contributed by atoms with Gasteiger partial charge in [-0.15, -0.1) is 0 Å². The van der Waals surface area contributed by atoms with Gasteiger partial charge < -0.3 is 10.0 Å². The summed E-state index contributed by atoms with van der Waals surface area (Å²) in [5.41, 5.74) is 4.72. The third-order valence-corrected chi connectivity index (χ3v) is 4.06. The standard InChI is InChI=1S/C14H14ClN3O2/c1-8-6-9(2-3-11(8)15)13-10-7-18(14(19)20)5-4-12(10)16-17-13/h2-3,6H,4-5,7H2,1H3,(H,16,17)(H,19,20). The van der Waals surface area contributed by atoms with Crippen LogP contribution in [-0.2, 0) is 13.0 Å². The van der Waals surface area contributed by atoms with Gasteiger partial charge in [0.2, 0.25) is 0 Å². The number of carboxylic acid groups (broad SMARTS) is 1. The summed E-state index contributed by atoms with van der Waals surface area (Å²) in [7, 11) is 0. The maximum Gasteiger partial charge on any atom is 0.407 e. The fraction of sp³-hybridized carbons (Fsp3) is 0.286. The van der Waals surface area contributed by atoms with Gasteiger partial charge >= 0.3 is 6.09 Å². The van der Waals surface area contributed by atoms with Crippen LogP contribution in [-0.4, -0.2) is 32.8 Å².